The fourth-order valence-electron chi connectivity index (χ4n) is 1.99. The maximum Gasteiger partial charge on any atom is 0.422 e. The van der Waals surface area contributed by atoms with E-state index in [-0.39, 0.29) is 18.8 Å². The molecule has 1 aromatic carbocycles. The van der Waals surface area contributed by atoms with Crippen molar-refractivity contribution in [1.29, 1.82) is 0 Å². The molecule has 24 heavy (non-hydrogen) atoms. The number of ether oxygens (including phenoxy) is 1. The maximum atomic E-state index is 12.3. The second kappa shape index (κ2) is 7.39. The SMILES string of the molecule is Cc1ccc(CNC(=O)c2coc(CN)c2)c(OCC(F)(F)F)c1. The zero-order valence-corrected chi connectivity index (χ0v) is 12.9. The van der Waals surface area contributed by atoms with Gasteiger partial charge in [0.15, 0.2) is 6.61 Å². The Hall–Kier alpha value is -2.48. The molecule has 0 bridgehead atoms. The van der Waals surface area contributed by atoms with Gasteiger partial charge in [-0.3, -0.25) is 4.79 Å². The van der Waals surface area contributed by atoms with Gasteiger partial charge in [0.25, 0.3) is 5.91 Å². The molecule has 0 aliphatic heterocycles. The van der Waals surface area contributed by atoms with Gasteiger partial charge in [-0.05, 0) is 24.6 Å². The van der Waals surface area contributed by atoms with Crippen LogP contribution < -0.4 is 15.8 Å². The molecule has 2 rings (SSSR count). The Morgan fingerprint density at radius 3 is 2.71 bits per heavy atom. The summed E-state index contributed by atoms with van der Waals surface area (Å²) in [5.41, 5.74) is 6.89. The molecule has 0 saturated carbocycles. The Balaban J connectivity index is 2.04. The van der Waals surface area contributed by atoms with E-state index in [0.29, 0.717) is 16.9 Å². The number of carbonyl (C=O) groups excluding carboxylic acids is 1. The van der Waals surface area contributed by atoms with Crippen molar-refractivity contribution in [3.05, 3.63) is 53.0 Å². The van der Waals surface area contributed by atoms with Gasteiger partial charge in [-0.15, -0.1) is 0 Å². The van der Waals surface area contributed by atoms with Crippen molar-refractivity contribution < 1.29 is 27.1 Å². The van der Waals surface area contributed by atoms with Crippen molar-refractivity contribution in [3.63, 3.8) is 0 Å². The van der Waals surface area contributed by atoms with Gasteiger partial charge in [0.1, 0.15) is 17.8 Å². The number of halogens is 3. The number of furan rings is 1. The molecule has 2 aromatic rings. The first-order valence-electron chi connectivity index (χ1n) is 7.13. The van der Waals surface area contributed by atoms with E-state index in [4.69, 9.17) is 14.9 Å². The summed E-state index contributed by atoms with van der Waals surface area (Å²) in [5.74, 6) is 0.132. The molecule has 5 nitrogen and oxygen atoms in total. The number of nitrogens with one attached hydrogen (secondary N) is 1. The molecule has 1 heterocycles. The van der Waals surface area contributed by atoms with Gasteiger partial charge >= 0.3 is 6.18 Å². The number of rotatable bonds is 6. The zero-order valence-electron chi connectivity index (χ0n) is 12.9. The quantitative estimate of drug-likeness (QED) is 0.846. The molecule has 0 fully saturated rings. The highest BCUT2D eigenvalue weighted by Gasteiger charge is 2.28. The van der Waals surface area contributed by atoms with Crippen LogP contribution in [0.25, 0.3) is 0 Å². The van der Waals surface area contributed by atoms with Crippen LogP contribution >= 0.6 is 0 Å². The fraction of sp³-hybridized carbons (Fsp3) is 0.312. The molecule has 0 aliphatic carbocycles. The van der Waals surface area contributed by atoms with E-state index in [1.807, 2.05) is 0 Å². The fourth-order valence-corrected chi connectivity index (χ4v) is 1.99. The molecule has 0 spiro atoms. The van der Waals surface area contributed by atoms with Crippen LogP contribution in [0.1, 0.15) is 27.2 Å². The van der Waals surface area contributed by atoms with Crippen LogP contribution in [0.2, 0.25) is 0 Å². The Morgan fingerprint density at radius 2 is 2.08 bits per heavy atom. The van der Waals surface area contributed by atoms with Crippen LogP contribution in [0.5, 0.6) is 5.75 Å². The van der Waals surface area contributed by atoms with Crippen molar-refractivity contribution in [2.75, 3.05) is 6.61 Å². The standard InChI is InChI=1S/C16H17F3N2O3/c1-10-2-3-11(14(4-10)24-9-16(17,18)19)7-21-15(22)12-5-13(6-20)23-8-12/h2-5,8H,6-7,9,20H2,1H3,(H,21,22). The van der Waals surface area contributed by atoms with E-state index in [1.54, 1.807) is 19.1 Å². The number of nitrogens with two attached hydrogens (primary N) is 1. The minimum atomic E-state index is -4.43. The molecule has 3 N–H and O–H groups in total. The van der Waals surface area contributed by atoms with Crippen molar-refractivity contribution in [3.8, 4) is 5.75 Å². The van der Waals surface area contributed by atoms with E-state index in [1.165, 1.54) is 18.4 Å². The van der Waals surface area contributed by atoms with Gasteiger partial charge in [-0.25, -0.2) is 0 Å². The molecule has 130 valence electrons. The van der Waals surface area contributed by atoms with Crippen LogP contribution in [0, 0.1) is 6.92 Å². The van der Waals surface area contributed by atoms with Gasteiger partial charge in [0, 0.05) is 12.1 Å². The average molecular weight is 342 g/mol. The summed E-state index contributed by atoms with van der Waals surface area (Å²) in [4.78, 5) is 12.0. The van der Waals surface area contributed by atoms with E-state index in [9.17, 15) is 18.0 Å². The molecule has 0 aliphatic rings. The number of carbonyl (C=O) groups is 1. The summed E-state index contributed by atoms with van der Waals surface area (Å²) in [7, 11) is 0. The summed E-state index contributed by atoms with van der Waals surface area (Å²) < 4.78 is 46.9. The molecule has 8 heteroatoms. The first-order valence-corrected chi connectivity index (χ1v) is 7.13. The number of aryl methyl sites for hydroxylation is 1. The van der Waals surface area contributed by atoms with Crippen molar-refractivity contribution in [1.82, 2.24) is 5.32 Å². The molecule has 0 saturated heterocycles. The first kappa shape index (κ1) is 17.9. The molecular weight excluding hydrogens is 325 g/mol. The second-order valence-electron chi connectivity index (χ2n) is 5.20. The Morgan fingerprint density at radius 1 is 1.33 bits per heavy atom. The highest BCUT2D eigenvalue weighted by molar-refractivity contribution is 5.93. The zero-order chi connectivity index (χ0) is 17.7. The van der Waals surface area contributed by atoms with Crippen LogP contribution in [-0.4, -0.2) is 18.7 Å². The number of hydrogen-bond acceptors (Lipinski definition) is 4. The van der Waals surface area contributed by atoms with Gasteiger partial charge < -0.3 is 20.2 Å². The predicted molar refractivity (Wildman–Crippen MR) is 80.5 cm³/mol. The van der Waals surface area contributed by atoms with E-state index in [2.05, 4.69) is 5.32 Å². The molecule has 0 unspecified atom stereocenters. The number of benzene rings is 1. The molecule has 1 amide bonds. The van der Waals surface area contributed by atoms with Crippen LogP contribution in [0.3, 0.4) is 0 Å². The van der Waals surface area contributed by atoms with Crippen LogP contribution in [-0.2, 0) is 13.1 Å². The van der Waals surface area contributed by atoms with Gasteiger partial charge in [-0.1, -0.05) is 12.1 Å². The van der Waals surface area contributed by atoms with Gasteiger partial charge in [0.2, 0.25) is 0 Å². The number of alkyl halides is 3. The lowest BCUT2D eigenvalue weighted by Gasteiger charge is -2.14. The topological polar surface area (TPSA) is 77.5 Å². The van der Waals surface area contributed by atoms with E-state index in [0.717, 1.165) is 5.56 Å². The molecule has 1 aromatic heterocycles. The summed E-state index contributed by atoms with van der Waals surface area (Å²) in [5, 5.41) is 2.61. The van der Waals surface area contributed by atoms with E-state index >= 15 is 0 Å². The highest BCUT2D eigenvalue weighted by atomic mass is 19.4. The minimum absolute atomic E-state index is 0.0233. The van der Waals surface area contributed by atoms with Crippen molar-refractivity contribution in [2.24, 2.45) is 5.73 Å². The monoisotopic (exact) mass is 342 g/mol. The summed E-state index contributed by atoms with van der Waals surface area (Å²) in [6.45, 7) is 0.539. The minimum Gasteiger partial charge on any atom is -0.484 e. The third-order valence-electron chi connectivity index (χ3n) is 3.17. The van der Waals surface area contributed by atoms with Gasteiger partial charge in [-0.2, -0.15) is 13.2 Å². The van der Waals surface area contributed by atoms with Crippen molar-refractivity contribution >= 4 is 5.91 Å². The molecule has 0 atom stereocenters. The average Bonchev–Trinajstić information content (AvgIpc) is 3.00. The predicted octanol–water partition coefficient (Wildman–Crippen LogP) is 2.92. The Bertz CT molecular complexity index is 711. The lowest BCUT2D eigenvalue weighted by atomic mass is 10.1. The third-order valence-corrected chi connectivity index (χ3v) is 3.17. The number of amides is 1. The Kier molecular flexibility index (Phi) is 5.50. The summed E-state index contributed by atoms with van der Waals surface area (Å²) in [6.07, 6.45) is -3.16. The lowest BCUT2D eigenvalue weighted by molar-refractivity contribution is -0.153. The maximum absolute atomic E-state index is 12.3. The second-order valence-corrected chi connectivity index (χ2v) is 5.20. The largest absolute Gasteiger partial charge is 0.484 e. The normalized spacial score (nSPS) is 11.4. The number of hydrogen-bond donors (Lipinski definition) is 2. The van der Waals surface area contributed by atoms with E-state index < -0.39 is 18.7 Å². The smallest absolute Gasteiger partial charge is 0.422 e. The first-order chi connectivity index (χ1) is 11.3. The molecule has 0 radical (unpaired) electrons. The molecular formula is C16H17F3N2O3. The highest BCUT2D eigenvalue weighted by Crippen LogP contribution is 2.24. The van der Waals surface area contributed by atoms with Crippen molar-refractivity contribution in [2.45, 2.75) is 26.2 Å². The van der Waals surface area contributed by atoms with Gasteiger partial charge in [0.05, 0.1) is 12.1 Å². The Labute approximate surface area is 136 Å². The summed E-state index contributed by atoms with van der Waals surface area (Å²) in [6, 6.07) is 6.34. The third kappa shape index (κ3) is 5.02. The lowest BCUT2D eigenvalue weighted by Crippen LogP contribution is -2.24. The summed E-state index contributed by atoms with van der Waals surface area (Å²) >= 11 is 0. The van der Waals surface area contributed by atoms with Crippen LogP contribution in [0.15, 0.2) is 34.9 Å². The van der Waals surface area contributed by atoms with Crippen LogP contribution in [0.4, 0.5) is 13.2 Å².